The Labute approximate surface area is 86.9 Å². The largest absolute Gasteiger partial charge is 0.326 e. The summed E-state index contributed by atoms with van der Waals surface area (Å²) in [6.45, 7) is 5.56. The van der Waals surface area contributed by atoms with E-state index in [1.807, 2.05) is 0 Å². The average molecular weight is 195 g/mol. The highest BCUT2D eigenvalue weighted by atomic mass is 15.1. The van der Waals surface area contributed by atoms with Crippen molar-refractivity contribution in [1.82, 2.24) is 4.90 Å². The number of piperidine rings is 1. The van der Waals surface area contributed by atoms with Crippen LogP contribution in [0.15, 0.2) is 0 Å². The third-order valence-electron chi connectivity index (χ3n) is 3.11. The van der Waals surface area contributed by atoms with Gasteiger partial charge < -0.3 is 10.6 Å². The molecule has 80 valence electrons. The quantitative estimate of drug-likeness (QED) is 0.689. The van der Waals surface area contributed by atoms with E-state index in [2.05, 4.69) is 17.9 Å². The maximum Gasteiger partial charge on any atom is 0.0621 e. The van der Waals surface area contributed by atoms with Crippen LogP contribution in [0.2, 0.25) is 0 Å². The van der Waals surface area contributed by atoms with E-state index < -0.39 is 0 Å². The second-order valence-corrected chi connectivity index (χ2v) is 4.35. The Morgan fingerprint density at radius 2 is 2.29 bits per heavy atom. The smallest absolute Gasteiger partial charge is 0.0621 e. The first-order chi connectivity index (χ1) is 6.74. The van der Waals surface area contributed by atoms with Crippen LogP contribution in [0.1, 0.15) is 32.6 Å². The summed E-state index contributed by atoms with van der Waals surface area (Å²) >= 11 is 0. The van der Waals surface area contributed by atoms with E-state index in [0.717, 1.165) is 25.9 Å². The fourth-order valence-electron chi connectivity index (χ4n) is 1.91. The number of nitrogens with zero attached hydrogens (tertiary/aromatic N) is 2. The molecule has 0 bridgehead atoms. The van der Waals surface area contributed by atoms with Crippen LogP contribution in [-0.2, 0) is 0 Å². The molecule has 1 rings (SSSR count). The topological polar surface area (TPSA) is 53.0 Å². The Morgan fingerprint density at radius 3 is 2.93 bits per heavy atom. The predicted molar refractivity (Wildman–Crippen MR) is 57.7 cm³/mol. The molecule has 1 heterocycles. The van der Waals surface area contributed by atoms with Crippen molar-refractivity contribution < 1.29 is 0 Å². The summed E-state index contributed by atoms with van der Waals surface area (Å²) in [6, 6.07) is 2.53. The van der Waals surface area contributed by atoms with Crippen LogP contribution in [0, 0.1) is 17.2 Å². The normalized spacial score (nSPS) is 28.6. The molecule has 3 nitrogen and oxygen atoms in total. The average Bonchev–Trinajstić information content (AvgIpc) is 2.18. The summed E-state index contributed by atoms with van der Waals surface area (Å²) in [7, 11) is 0. The molecule has 1 aliphatic rings. The lowest BCUT2D eigenvalue weighted by atomic mass is 9.94. The van der Waals surface area contributed by atoms with E-state index >= 15 is 0 Å². The fraction of sp³-hybridized carbons (Fsp3) is 0.909. The first kappa shape index (κ1) is 11.5. The zero-order valence-corrected chi connectivity index (χ0v) is 9.08. The van der Waals surface area contributed by atoms with Gasteiger partial charge in [-0.1, -0.05) is 6.92 Å². The SMILES string of the molecule is CC1CCN(CCCCC#N)CC1N. The van der Waals surface area contributed by atoms with Gasteiger partial charge in [0.25, 0.3) is 0 Å². The molecule has 3 heteroatoms. The molecule has 2 unspecified atom stereocenters. The van der Waals surface area contributed by atoms with E-state index in [1.54, 1.807) is 0 Å². The monoisotopic (exact) mass is 195 g/mol. The molecule has 0 amide bonds. The van der Waals surface area contributed by atoms with Gasteiger partial charge in [-0.15, -0.1) is 0 Å². The summed E-state index contributed by atoms with van der Waals surface area (Å²) in [5.41, 5.74) is 6.01. The van der Waals surface area contributed by atoms with Crippen molar-refractivity contribution in [3.8, 4) is 6.07 Å². The van der Waals surface area contributed by atoms with Crippen LogP contribution in [0.4, 0.5) is 0 Å². The van der Waals surface area contributed by atoms with E-state index in [9.17, 15) is 0 Å². The van der Waals surface area contributed by atoms with Gasteiger partial charge in [-0.25, -0.2) is 0 Å². The van der Waals surface area contributed by atoms with E-state index in [-0.39, 0.29) is 0 Å². The number of nitriles is 1. The molecule has 1 fully saturated rings. The first-order valence-electron chi connectivity index (χ1n) is 5.59. The van der Waals surface area contributed by atoms with Gasteiger partial charge >= 0.3 is 0 Å². The molecule has 0 saturated carbocycles. The van der Waals surface area contributed by atoms with Gasteiger partial charge in [0.2, 0.25) is 0 Å². The van der Waals surface area contributed by atoms with Crippen molar-refractivity contribution in [1.29, 1.82) is 5.26 Å². The summed E-state index contributed by atoms with van der Waals surface area (Å²) in [5, 5.41) is 8.40. The van der Waals surface area contributed by atoms with Gasteiger partial charge in [-0.3, -0.25) is 0 Å². The molecular weight excluding hydrogens is 174 g/mol. The Morgan fingerprint density at radius 1 is 1.50 bits per heavy atom. The molecule has 1 saturated heterocycles. The summed E-state index contributed by atoms with van der Waals surface area (Å²) < 4.78 is 0. The van der Waals surface area contributed by atoms with Crippen molar-refractivity contribution in [3.63, 3.8) is 0 Å². The number of hydrogen-bond donors (Lipinski definition) is 1. The standard InChI is InChI=1S/C11H21N3/c1-10-5-8-14(9-11(10)13)7-4-2-3-6-12/h10-11H,2-5,7-9,13H2,1H3. The van der Waals surface area contributed by atoms with E-state index in [1.165, 1.54) is 13.0 Å². The van der Waals surface area contributed by atoms with Crippen LogP contribution in [0.25, 0.3) is 0 Å². The molecule has 0 aromatic heterocycles. The van der Waals surface area contributed by atoms with Gasteiger partial charge in [0, 0.05) is 19.0 Å². The number of hydrogen-bond acceptors (Lipinski definition) is 3. The van der Waals surface area contributed by atoms with E-state index in [4.69, 9.17) is 11.0 Å². The second-order valence-electron chi connectivity index (χ2n) is 4.35. The highest BCUT2D eigenvalue weighted by Crippen LogP contribution is 2.15. The lowest BCUT2D eigenvalue weighted by Crippen LogP contribution is -2.47. The first-order valence-corrected chi connectivity index (χ1v) is 5.59. The maximum atomic E-state index is 8.40. The zero-order chi connectivity index (χ0) is 10.4. The van der Waals surface area contributed by atoms with Crippen LogP contribution in [-0.4, -0.2) is 30.6 Å². The summed E-state index contributed by atoms with van der Waals surface area (Å²) in [6.07, 6.45) is 4.07. The molecule has 2 atom stereocenters. The lowest BCUT2D eigenvalue weighted by Gasteiger charge is -2.34. The van der Waals surface area contributed by atoms with Crippen molar-refractivity contribution in [2.75, 3.05) is 19.6 Å². The molecular formula is C11H21N3. The van der Waals surface area contributed by atoms with Gasteiger partial charge in [-0.2, -0.15) is 5.26 Å². The number of unbranched alkanes of at least 4 members (excludes halogenated alkanes) is 2. The Bertz CT molecular complexity index is 197. The number of likely N-dealkylation sites (tertiary alicyclic amines) is 1. The third-order valence-corrected chi connectivity index (χ3v) is 3.11. The minimum atomic E-state index is 0.347. The third kappa shape index (κ3) is 3.65. The highest BCUT2D eigenvalue weighted by molar-refractivity contribution is 4.80. The highest BCUT2D eigenvalue weighted by Gasteiger charge is 2.22. The second kappa shape index (κ2) is 6.00. The summed E-state index contributed by atoms with van der Waals surface area (Å²) in [5.74, 6) is 0.672. The van der Waals surface area contributed by atoms with E-state index in [0.29, 0.717) is 18.4 Å². The van der Waals surface area contributed by atoms with Gasteiger partial charge in [-0.05, 0) is 38.3 Å². The van der Waals surface area contributed by atoms with Crippen molar-refractivity contribution >= 4 is 0 Å². The lowest BCUT2D eigenvalue weighted by molar-refractivity contribution is 0.167. The molecule has 1 aliphatic heterocycles. The van der Waals surface area contributed by atoms with Crippen LogP contribution in [0.3, 0.4) is 0 Å². The van der Waals surface area contributed by atoms with Crippen molar-refractivity contribution in [2.45, 2.75) is 38.6 Å². The Kier molecular flexibility index (Phi) is 4.92. The summed E-state index contributed by atoms with van der Waals surface area (Å²) in [4.78, 5) is 2.43. The minimum absolute atomic E-state index is 0.347. The molecule has 14 heavy (non-hydrogen) atoms. The Balaban J connectivity index is 2.11. The van der Waals surface area contributed by atoms with Crippen LogP contribution >= 0.6 is 0 Å². The molecule has 0 radical (unpaired) electrons. The predicted octanol–water partition coefficient (Wildman–Crippen LogP) is 1.35. The van der Waals surface area contributed by atoms with Crippen molar-refractivity contribution in [3.05, 3.63) is 0 Å². The van der Waals surface area contributed by atoms with Crippen LogP contribution < -0.4 is 5.73 Å². The molecule has 0 aromatic rings. The Hall–Kier alpha value is -0.590. The van der Waals surface area contributed by atoms with Gasteiger partial charge in [0.15, 0.2) is 0 Å². The molecule has 2 N–H and O–H groups in total. The zero-order valence-electron chi connectivity index (χ0n) is 9.08. The van der Waals surface area contributed by atoms with Gasteiger partial charge in [0.05, 0.1) is 6.07 Å². The number of rotatable bonds is 4. The molecule has 0 aliphatic carbocycles. The maximum absolute atomic E-state index is 8.40. The minimum Gasteiger partial charge on any atom is -0.326 e. The van der Waals surface area contributed by atoms with Crippen LogP contribution in [0.5, 0.6) is 0 Å². The molecule has 0 spiro atoms. The number of nitrogens with two attached hydrogens (primary N) is 1. The molecule has 0 aromatic carbocycles. The van der Waals surface area contributed by atoms with Crippen molar-refractivity contribution in [2.24, 2.45) is 11.7 Å². The van der Waals surface area contributed by atoms with Gasteiger partial charge in [0.1, 0.15) is 0 Å². The fourth-order valence-corrected chi connectivity index (χ4v) is 1.91.